The van der Waals surface area contributed by atoms with Crippen molar-refractivity contribution in [2.75, 3.05) is 0 Å². The van der Waals surface area contributed by atoms with E-state index in [9.17, 15) is 4.89 Å². The highest BCUT2D eigenvalue weighted by molar-refractivity contribution is 7.69. The maximum Gasteiger partial charge on any atom is 0.537 e. The second-order valence-electron chi connectivity index (χ2n) is 14.2. The van der Waals surface area contributed by atoms with Crippen molar-refractivity contribution in [1.82, 2.24) is 0 Å². The molecule has 10 heteroatoms. The lowest BCUT2D eigenvalue weighted by Gasteiger charge is -2.23. The first kappa shape index (κ1) is 32.0. The van der Waals surface area contributed by atoms with Gasteiger partial charge in [0.25, 0.3) is 0 Å². The number of rotatable bonds is 10. The number of ether oxygens (including phenoxy) is 3. The fourth-order valence-corrected chi connectivity index (χ4v) is 8.76. The Balaban J connectivity index is 1.16. The summed E-state index contributed by atoms with van der Waals surface area (Å²) in [6, 6.07) is 24.9. The smallest absolute Gasteiger partial charge is 0.483 e. The Morgan fingerprint density at radius 2 is 1.11 bits per heavy atom. The number of benzene rings is 4. The van der Waals surface area contributed by atoms with E-state index in [2.05, 4.69) is 19.9 Å². The highest BCUT2D eigenvalue weighted by Crippen LogP contribution is 2.61. The fraction of sp³-hybridized carbons (Fsp3) is 0.351. The lowest BCUT2D eigenvalue weighted by atomic mass is 10.0. The SMILES string of the molecule is CC1(C)Cc2cccc(OPOCc3ccccc3O[P+](O)(Oc3cccc4c3OC(C)(C)C4)c3cccc4c3OC(C)(C)C4)c2O1. The zero-order chi connectivity index (χ0) is 33.0. The summed E-state index contributed by atoms with van der Waals surface area (Å²) in [5.74, 6) is 3.48. The van der Waals surface area contributed by atoms with Gasteiger partial charge in [-0.3, -0.25) is 9.05 Å². The summed E-state index contributed by atoms with van der Waals surface area (Å²) in [4.78, 5) is 12.6. The van der Waals surface area contributed by atoms with Crippen LogP contribution in [-0.4, -0.2) is 21.7 Å². The molecule has 7 rings (SSSR count). The molecule has 2 unspecified atom stereocenters. The Morgan fingerprint density at radius 3 is 1.77 bits per heavy atom. The molecule has 1 N–H and O–H groups in total. The van der Waals surface area contributed by atoms with Gasteiger partial charge in [0.1, 0.15) is 16.8 Å². The van der Waals surface area contributed by atoms with E-state index in [0.29, 0.717) is 40.5 Å². The molecule has 47 heavy (non-hydrogen) atoms. The predicted molar refractivity (Wildman–Crippen MR) is 185 cm³/mol. The molecule has 4 aromatic rings. The summed E-state index contributed by atoms with van der Waals surface area (Å²) in [5, 5.41) is 0.470. The average Bonchev–Trinajstić information content (AvgIpc) is 3.62. The highest BCUT2D eigenvalue weighted by atomic mass is 31.2. The van der Waals surface area contributed by atoms with Gasteiger partial charge in [-0.15, -0.1) is 0 Å². The molecule has 0 amide bonds. The molecule has 0 bridgehead atoms. The van der Waals surface area contributed by atoms with E-state index < -0.39 is 19.1 Å². The Bertz CT molecular complexity index is 1820. The van der Waals surface area contributed by atoms with Crippen LogP contribution in [0.4, 0.5) is 0 Å². The van der Waals surface area contributed by atoms with Gasteiger partial charge in [0, 0.05) is 41.5 Å². The van der Waals surface area contributed by atoms with Crippen molar-refractivity contribution < 1.29 is 37.2 Å². The third-order valence-corrected chi connectivity index (χ3v) is 10.8. The lowest BCUT2D eigenvalue weighted by molar-refractivity contribution is 0.134. The Hall–Kier alpha value is -3.54. The van der Waals surface area contributed by atoms with Gasteiger partial charge in [-0.05, 0) is 65.8 Å². The van der Waals surface area contributed by atoms with E-state index in [1.807, 2.05) is 88.4 Å². The van der Waals surface area contributed by atoms with Crippen molar-refractivity contribution in [3.8, 4) is 34.5 Å². The summed E-state index contributed by atoms with van der Waals surface area (Å²) in [6.45, 7) is 12.4. The summed E-state index contributed by atoms with van der Waals surface area (Å²) >= 11 is 0. The second kappa shape index (κ2) is 11.9. The van der Waals surface area contributed by atoms with Crippen LogP contribution in [0.2, 0.25) is 0 Å². The molecule has 246 valence electrons. The van der Waals surface area contributed by atoms with E-state index in [1.54, 1.807) is 12.1 Å². The summed E-state index contributed by atoms with van der Waals surface area (Å²) < 4.78 is 44.1. The molecule has 0 spiro atoms. The van der Waals surface area contributed by atoms with Gasteiger partial charge in [0.2, 0.25) is 20.1 Å². The number of fused-ring (bicyclic) bond motifs is 3. The fourth-order valence-electron chi connectivity index (χ4n) is 6.43. The van der Waals surface area contributed by atoms with Gasteiger partial charge in [-0.1, -0.05) is 54.6 Å². The quantitative estimate of drug-likeness (QED) is 0.132. The summed E-state index contributed by atoms with van der Waals surface area (Å²) in [6.07, 6.45) is 2.26. The maximum absolute atomic E-state index is 12.6. The normalized spacial score (nSPS) is 19.1. The third-order valence-electron chi connectivity index (χ3n) is 8.34. The van der Waals surface area contributed by atoms with Crippen LogP contribution in [0.25, 0.3) is 0 Å². The minimum Gasteiger partial charge on any atom is -0.483 e. The maximum atomic E-state index is 12.6. The van der Waals surface area contributed by atoms with Crippen molar-refractivity contribution in [3.63, 3.8) is 0 Å². The van der Waals surface area contributed by atoms with E-state index >= 15 is 0 Å². The molecule has 0 aromatic heterocycles. The molecular weight excluding hydrogens is 634 g/mol. The number of para-hydroxylation sites is 4. The van der Waals surface area contributed by atoms with Crippen LogP contribution in [-0.2, 0) is 30.4 Å². The summed E-state index contributed by atoms with van der Waals surface area (Å²) in [5.41, 5.74) is 2.76. The molecule has 0 saturated carbocycles. The first-order valence-electron chi connectivity index (χ1n) is 15.9. The van der Waals surface area contributed by atoms with Gasteiger partial charge in [-0.2, -0.15) is 4.89 Å². The topological polar surface area (TPSA) is 84.8 Å². The molecule has 0 aliphatic carbocycles. The van der Waals surface area contributed by atoms with Crippen LogP contribution < -0.4 is 33.1 Å². The summed E-state index contributed by atoms with van der Waals surface area (Å²) in [7, 11) is -4.16. The minimum atomic E-state index is -3.88. The predicted octanol–water partition coefficient (Wildman–Crippen LogP) is 8.47. The monoisotopic (exact) mass is 675 g/mol. The van der Waals surface area contributed by atoms with Crippen molar-refractivity contribution >= 4 is 22.3 Å². The van der Waals surface area contributed by atoms with E-state index in [1.165, 1.54) is 0 Å². The van der Waals surface area contributed by atoms with Crippen molar-refractivity contribution in [2.24, 2.45) is 0 Å². The first-order chi connectivity index (χ1) is 22.3. The Kier molecular flexibility index (Phi) is 8.08. The Morgan fingerprint density at radius 1 is 0.617 bits per heavy atom. The number of hydrogen-bond donors (Lipinski definition) is 1. The zero-order valence-electron chi connectivity index (χ0n) is 27.6. The van der Waals surface area contributed by atoms with Crippen LogP contribution >= 0.6 is 17.0 Å². The molecule has 3 aliphatic heterocycles. The van der Waals surface area contributed by atoms with Crippen LogP contribution in [0.3, 0.4) is 0 Å². The van der Waals surface area contributed by atoms with Crippen LogP contribution in [0.5, 0.6) is 34.5 Å². The lowest BCUT2D eigenvalue weighted by Crippen LogP contribution is -2.28. The molecular formula is C37H41O8P2+. The first-order valence-corrected chi connectivity index (χ1v) is 18.3. The van der Waals surface area contributed by atoms with Crippen molar-refractivity contribution in [2.45, 2.75) is 84.2 Å². The molecule has 3 heterocycles. The average molecular weight is 676 g/mol. The van der Waals surface area contributed by atoms with E-state index in [-0.39, 0.29) is 21.2 Å². The van der Waals surface area contributed by atoms with E-state index in [0.717, 1.165) is 40.8 Å². The largest absolute Gasteiger partial charge is 0.537 e. The third kappa shape index (κ3) is 6.62. The molecule has 0 fully saturated rings. The van der Waals surface area contributed by atoms with Gasteiger partial charge >= 0.3 is 7.94 Å². The highest BCUT2D eigenvalue weighted by Gasteiger charge is 2.54. The van der Waals surface area contributed by atoms with Gasteiger partial charge in [-0.25, -0.2) is 0 Å². The van der Waals surface area contributed by atoms with Crippen molar-refractivity contribution in [1.29, 1.82) is 0 Å². The molecule has 2 atom stereocenters. The molecule has 4 aromatic carbocycles. The Labute approximate surface area is 278 Å². The van der Waals surface area contributed by atoms with Crippen LogP contribution in [0.1, 0.15) is 63.8 Å². The molecule has 0 saturated heterocycles. The van der Waals surface area contributed by atoms with Gasteiger partial charge in [0.15, 0.2) is 28.7 Å². The van der Waals surface area contributed by atoms with Crippen LogP contribution in [0, 0.1) is 0 Å². The molecule has 0 radical (unpaired) electrons. The molecule has 8 nitrogen and oxygen atoms in total. The second-order valence-corrected chi connectivity index (χ2v) is 16.7. The minimum absolute atomic E-state index is 0.185. The van der Waals surface area contributed by atoms with Gasteiger partial charge in [0.05, 0.1) is 6.61 Å². The van der Waals surface area contributed by atoms with E-state index in [4.69, 9.17) is 32.3 Å². The standard InChI is InChI=1S/C37H41O8P2/c1-35(2)20-24-13-9-17-29(32(24)40-35)43-46-39-23-27-12-7-8-16-28(27)44-47(38,31-19-11-15-26-22-37(5,6)42-34(26)31)45-30-18-10-14-25-21-36(3,4)41-33(25)30/h7-19,38,46H,20-23H2,1-6H3/q+1. The number of hydrogen-bond acceptors (Lipinski definition) is 8. The van der Waals surface area contributed by atoms with Crippen LogP contribution in [0.15, 0.2) is 78.9 Å². The zero-order valence-corrected chi connectivity index (χ0v) is 29.5. The molecule has 3 aliphatic rings. The van der Waals surface area contributed by atoms with Crippen molar-refractivity contribution in [3.05, 3.63) is 101 Å². The van der Waals surface area contributed by atoms with Gasteiger partial charge < -0.3 is 23.3 Å².